The van der Waals surface area contributed by atoms with E-state index in [2.05, 4.69) is 121 Å². The van der Waals surface area contributed by atoms with Gasteiger partial charge in [0.2, 0.25) is 11.9 Å². The minimum absolute atomic E-state index is 0.390. The van der Waals surface area contributed by atoms with Crippen LogP contribution in [0.3, 0.4) is 0 Å². The third-order valence-corrected chi connectivity index (χ3v) is 6.76. The maximum absolute atomic E-state index is 11.1. The van der Waals surface area contributed by atoms with E-state index in [1.807, 2.05) is 19.1 Å². The quantitative estimate of drug-likeness (QED) is 0.274. The van der Waals surface area contributed by atoms with Crippen molar-refractivity contribution in [3.05, 3.63) is 151 Å². The Morgan fingerprint density at radius 1 is 0.579 bits per heavy atom. The van der Waals surface area contributed by atoms with E-state index in [9.17, 15) is 4.79 Å². The van der Waals surface area contributed by atoms with Gasteiger partial charge in [-0.2, -0.15) is 26.7 Å². The summed E-state index contributed by atoms with van der Waals surface area (Å²) in [6, 6.07) is 49.1. The summed E-state index contributed by atoms with van der Waals surface area (Å²) in [4.78, 5) is 17.5. The molecule has 1 heterocycles. The maximum Gasteiger partial charge on any atom is 0.477 e. The van der Waals surface area contributed by atoms with Crippen LogP contribution in [-0.2, 0) is 0 Å². The van der Waals surface area contributed by atoms with Gasteiger partial charge >= 0.3 is 6.09 Å². The predicted octanol–water partition coefficient (Wildman–Crippen LogP) is 3.46. The van der Waals surface area contributed by atoms with Gasteiger partial charge in [0.25, 0.3) is 0 Å². The molecular formula is C33H33BN2O2. The second-order valence-electron chi connectivity index (χ2n) is 9.43. The standard InChI is InChI=1S/C24H20B.C9H13N2O2/c1-5-13-21(14-6-1)25(22-15-7-2-8-16-22,23-17-9-3-10-18-23)24-19-11-4-12-20-24;1-8-6-4-5-7-11(8)13-9(12)10(2)3/h1-20H;4-7H,1-3H3/q-1;+1. The molecule has 190 valence electrons. The third kappa shape index (κ3) is 5.84. The van der Waals surface area contributed by atoms with Crippen molar-refractivity contribution in [3.8, 4) is 0 Å². The number of benzene rings is 4. The predicted molar refractivity (Wildman–Crippen MR) is 157 cm³/mol. The van der Waals surface area contributed by atoms with Crippen LogP contribution in [0.15, 0.2) is 146 Å². The normalized spacial score (nSPS) is 10.6. The molecule has 0 spiro atoms. The van der Waals surface area contributed by atoms with Gasteiger partial charge in [-0.25, -0.2) is 4.79 Å². The summed E-state index contributed by atoms with van der Waals surface area (Å²) in [6.07, 6.45) is 0.0861. The Kier molecular flexibility index (Phi) is 8.73. The lowest BCUT2D eigenvalue weighted by molar-refractivity contribution is -0.873. The lowest BCUT2D eigenvalue weighted by Crippen LogP contribution is -2.74. The molecule has 4 nitrogen and oxygen atoms in total. The minimum atomic E-state index is -1.22. The van der Waals surface area contributed by atoms with Gasteiger partial charge in [0.15, 0.2) is 0 Å². The van der Waals surface area contributed by atoms with Crippen LogP contribution in [0.2, 0.25) is 0 Å². The largest absolute Gasteiger partial charge is 0.477 e. The first-order valence-electron chi connectivity index (χ1n) is 12.8. The summed E-state index contributed by atoms with van der Waals surface area (Å²) in [6.45, 7) is 1.86. The van der Waals surface area contributed by atoms with Crippen LogP contribution in [0.4, 0.5) is 4.79 Å². The van der Waals surface area contributed by atoms with Crippen molar-refractivity contribution in [3.63, 3.8) is 0 Å². The van der Waals surface area contributed by atoms with E-state index in [1.165, 1.54) is 31.5 Å². The van der Waals surface area contributed by atoms with E-state index in [0.29, 0.717) is 0 Å². The summed E-state index contributed by atoms with van der Waals surface area (Å²) in [7, 11) is 3.28. The molecule has 38 heavy (non-hydrogen) atoms. The highest BCUT2D eigenvalue weighted by molar-refractivity contribution is 7.19. The van der Waals surface area contributed by atoms with Gasteiger partial charge in [-0.15, -0.1) is 0 Å². The van der Waals surface area contributed by atoms with Crippen LogP contribution in [0.25, 0.3) is 0 Å². The van der Waals surface area contributed by atoms with Crippen LogP contribution >= 0.6 is 0 Å². The molecular weight excluding hydrogens is 467 g/mol. The lowest BCUT2D eigenvalue weighted by Gasteiger charge is -2.44. The molecule has 0 saturated carbocycles. The molecule has 0 aliphatic carbocycles. The maximum atomic E-state index is 11.1. The van der Waals surface area contributed by atoms with E-state index >= 15 is 0 Å². The fourth-order valence-electron chi connectivity index (χ4n) is 4.90. The van der Waals surface area contributed by atoms with Crippen LogP contribution in [0, 0.1) is 6.92 Å². The summed E-state index contributed by atoms with van der Waals surface area (Å²) in [5, 5.41) is 0. The van der Waals surface area contributed by atoms with Gasteiger partial charge in [0.1, 0.15) is 6.15 Å². The smallest absolute Gasteiger partial charge is 0.309 e. The highest BCUT2D eigenvalue weighted by atomic mass is 16.7. The van der Waals surface area contributed by atoms with Gasteiger partial charge in [-0.05, 0) is 6.07 Å². The van der Waals surface area contributed by atoms with E-state index in [1.54, 1.807) is 26.4 Å². The van der Waals surface area contributed by atoms with E-state index in [4.69, 9.17) is 4.84 Å². The molecule has 0 aliphatic heterocycles. The average molecular weight is 500 g/mol. The van der Waals surface area contributed by atoms with E-state index in [-0.39, 0.29) is 6.09 Å². The third-order valence-electron chi connectivity index (χ3n) is 6.76. The molecule has 0 bridgehead atoms. The molecule has 0 atom stereocenters. The van der Waals surface area contributed by atoms with E-state index in [0.717, 1.165) is 5.69 Å². The molecule has 0 aliphatic rings. The fourth-order valence-corrected chi connectivity index (χ4v) is 4.90. The van der Waals surface area contributed by atoms with Gasteiger partial charge in [-0.3, -0.25) is 0 Å². The van der Waals surface area contributed by atoms with Crippen molar-refractivity contribution in [2.75, 3.05) is 14.1 Å². The van der Waals surface area contributed by atoms with E-state index < -0.39 is 6.15 Å². The molecule has 5 rings (SSSR count). The molecule has 0 saturated heterocycles. The summed E-state index contributed by atoms with van der Waals surface area (Å²) in [5.74, 6) is 0. The number of rotatable bonds is 5. The number of hydrogen-bond donors (Lipinski definition) is 0. The molecule has 4 aromatic carbocycles. The minimum Gasteiger partial charge on any atom is -0.309 e. The first kappa shape index (κ1) is 26.4. The van der Waals surface area contributed by atoms with Crippen LogP contribution < -0.4 is 31.4 Å². The Hall–Kier alpha value is -4.64. The molecule has 0 radical (unpaired) electrons. The molecule has 0 unspecified atom stereocenters. The number of carbonyl (C=O) groups is 1. The Morgan fingerprint density at radius 3 is 1.24 bits per heavy atom. The molecule has 0 N–H and O–H groups in total. The van der Waals surface area contributed by atoms with Crippen LogP contribution in [0.1, 0.15) is 5.69 Å². The Balaban J connectivity index is 0.000000219. The second-order valence-corrected chi connectivity index (χ2v) is 9.43. The Bertz CT molecular complexity index is 1260. The second kappa shape index (κ2) is 12.6. The van der Waals surface area contributed by atoms with Crippen LogP contribution in [0.5, 0.6) is 0 Å². The molecule has 0 fully saturated rings. The first-order valence-corrected chi connectivity index (χ1v) is 12.8. The molecule has 5 aromatic rings. The van der Waals surface area contributed by atoms with Crippen molar-refractivity contribution in [1.29, 1.82) is 0 Å². The number of amides is 1. The van der Waals surface area contributed by atoms with Gasteiger partial charge < -0.3 is 4.90 Å². The van der Waals surface area contributed by atoms with Gasteiger partial charge in [0.05, 0.1) is 0 Å². The number of nitrogens with zero attached hydrogens (tertiary/aromatic N) is 2. The van der Waals surface area contributed by atoms with Gasteiger partial charge in [-0.1, -0.05) is 121 Å². The molecule has 1 aromatic heterocycles. The van der Waals surface area contributed by atoms with Crippen molar-refractivity contribution in [2.45, 2.75) is 6.92 Å². The van der Waals surface area contributed by atoms with Crippen molar-refractivity contribution in [2.24, 2.45) is 0 Å². The number of aromatic nitrogens is 1. The monoisotopic (exact) mass is 500 g/mol. The fraction of sp³-hybridized carbons (Fsp3) is 0.0909. The molecule has 5 heteroatoms. The molecule has 1 amide bonds. The first-order chi connectivity index (χ1) is 18.5. The topological polar surface area (TPSA) is 33.4 Å². The van der Waals surface area contributed by atoms with Crippen LogP contribution in [-0.4, -0.2) is 31.2 Å². The zero-order valence-corrected chi connectivity index (χ0v) is 22.1. The van der Waals surface area contributed by atoms with Gasteiger partial charge in [0, 0.05) is 37.9 Å². The highest BCUT2D eigenvalue weighted by Crippen LogP contribution is 2.09. The van der Waals surface area contributed by atoms with Crippen molar-refractivity contribution in [1.82, 2.24) is 4.90 Å². The zero-order chi connectivity index (χ0) is 26.8. The summed E-state index contributed by atoms with van der Waals surface area (Å²) >= 11 is 0. The SMILES string of the molecule is Cc1cccc[n+]1OC(=O)N(C)C.c1ccc([B-](c2ccccc2)(c2ccccc2)c2ccccc2)cc1. The van der Waals surface area contributed by atoms with Crippen molar-refractivity contribution >= 4 is 34.1 Å². The lowest BCUT2D eigenvalue weighted by atomic mass is 9.13. The number of aryl methyl sites for hydroxylation is 1. The number of pyridine rings is 1. The van der Waals surface area contributed by atoms with Crippen molar-refractivity contribution < 1.29 is 14.4 Å². The summed E-state index contributed by atoms with van der Waals surface area (Å²) < 4.78 is 1.43. The Labute approximate surface area is 225 Å². The summed E-state index contributed by atoms with van der Waals surface area (Å²) in [5.41, 5.74) is 6.23. The average Bonchev–Trinajstić information content (AvgIpc) is 2.97. The number of carbonyl (C=O) groups excluding carboxylic acids is 1. The highest BCUT2D eigenvalue weighted by Gasteiger charge is 2.31. The Morgan fingerprint density at radius 2 is 0.921 bits per heavy atom. The zero-order valence-electron chi connectivity index (χ0n) is 22.1. The number of hydrogen-bond acceptors (Lipinski definition) is 2.